The van der Waals surface area contributed by atoms with Gasteiger partial charge in [-0.25, -0.2) is 0 Å². The molecule has 7 rings (SSSR count). The summed E-state index contributed by atoms with van der Waals surface area (Å²) >= 11 is 0. The molecule has 0 fully saturated rings. The molecule has 1 heterocycles. The van der Waals surface area contributed by atoms with E-state index >= 15 is 0 Å². The molecule has 3 nitrogen and oxygen atoms in total. The van der Waals surface area contributed by atoms with Gasteiger partial charge in [-0.2, -0.15) is 0 Å². The average Bonchev–Trinajstić information content (AvgIpc) is 3.41. The molecule has 6 aromatic carbocycles. The monoisotopic (exact) mass is 517 g/mol. The van der Waals surface area contributed by atoms with E-state index in [1.165, 1.54) is 0 Å². The fourth-order valence-corrected chi connectivity index (χ4v) is 5.44. The average molecular weight is 518 g/mol. The van der Waals surface area contributed by atoms with Gasteiger partial charge < -0.3 is 14.5 Å². The van der Waals surface area contributed by atoms with E-state index in [0.29, 0.717) is 0 Å². The van der Waals surface area contributed by atoms with E-state index in [1.807, 2.05) is 30.3 Å². The van der Waals surface area contributed by atoms with E-state index in [4.69, 9.17) is 9.15 Å². The molecular formula is C37H27NO2. The molecule has 7 aromatic rings. The zero-order valence-corrected chi connectivity index (χ0v) is 22.1. The first kappa shape index (κ1) is 23.8. The maximum atomic E-state index is 6.24. The Hall–Kier alpha value is -5.28. The number of para-hydroxylation sites is 3. The van der Waals surface area contributed by atoms with Crippen LogP contribution in [0.25, 0.3) is 55.3 Å². The Kier molecular flexibility index (Phi) is 6.02. The fourth-order valence-electron chi connectivity index (χ4n) is 5.44. The second-order valence-electron chi connectivity index (χ2n) is 9.81. The third-order valence-electron chi connectivity index (χ3n) is 7.39. The van der Waals surface area contributed by atoms with E-state index in [0.717, 1.165) is 72.4 Å². The van der Waals surface area contributed by atoms with Crippen LogP contribution in [0.1, 0.15) is 0 Å². The lowest BCUT2D eigenvalue weighted by atomic mass is 9.97. The summed E-state index contributed by atoms with van der Waals surface area (Å²) in [5.41, 5.74) is 10.5. The number of fused-ring (bicyclic) bond motifs is 3. The molecule has 1 aromatic heterocycles. The summed E-state index contributed by atoms with van der Waals surface area (Å²) < 4.78 is 12.1. The lowest BCUT2D eigenvalue weighted by Crippen LogP contribution is -1.93. The summed E-state index contributed by atoms with van der Waals surface area (Å²) in [7, 11) is 1.74. The van der Waals surface area contributed by atoms with Crippen molar-refractivity contribution in [2.24, 2.45) is 0 Å². The van der Waals surface area contributed by atoms with Crippen molar-refractivity contribution in [2.75, 3.05) is 12.4 Å². The highest BCUT2D eigenvalue weighted by Gasteiger charge is 2.13. The summed E-state index contributed by atoms with van der Waals surface area (Å²) in [6, 6.07) is 48.1. The number of furan rings is 1. The van der Waals surface area contributed by atoms with Crippen LogP contribution in [-0.4, -0.2) is 7.11 Å². The van der Waals surface area contributed by atoms with Gasteiger partial charge in [0, 0.05) is 38.8 Å². The van der Waals surface area contributed by atoms with Crippen LogP contribution < -0.4 is 10.1 Å². The van der Waals surface area contributed by atoms with Crippen LogP contribution in [0.2, 0.25) is 0 Å². The highest BCUT2D eigenvalue weighted by molar-refractivity contribution is 6.09. The zero-order chi connectivity index (χ0) is 26.9. The van der Waals surface area contributed by atoms with Crippen molar-refractivity contribution in [3.8, 4) is 39.1 Å². The standard InChI is InChI=1S/C37H27NO2/c1-39-36-30(25-9-3-2-4-10-25)12-7-13-31(36)26-17-21-28(22-18-26)38-29-23-19-27(20-24-29)32-14-8-15-34-33-11-5-6-16-35(33)40-37(32)34/h2-24,38H,1H3. The second kappa shape index (κ2) is 10.1. The van der Waals surface area contributed by atoms with Crippen molar-refractivity contribution in [1.82, 2.24) is 0 Å². The molecule has 0 aliphatic carbocycles. The molecule has 0 amide bonds. The molecule has 40 heavy (non-hydrogen) atoms. The third-order valence-corrected chi connectivity index (χ3v) is 7.39. The maximum absolute atomic E-state index is 6.24. The van der Waals surface area contributed by atoms with Gasteiger partial charge in [-0.05, 0) is 47.0 Å². The van der Waals surface area contributed by atoms with Gasteiger partial charge in [0.05, 0.1) is 7.11 Å². The largest absolute Gasteiger partial charge is 0.495 e. The number of methoxy groups -OCH3 is 1. The molecule has 0 bridgehead atoms. The molecule has 0 aliphatic rings. The Labute approximate surface area is 233 Å². The van der Waals surface area contributed by atoms with Crippen LogP contribution in [0.4, 0.5) is 11.4 Å². The SMILES string of the molecule is COc1c(-c2ccccc2)cccc1-c1ccc(Nc2ccc(-c3cccc4c3oc3ccccc34)cc2)cc1. The van der Waals surface area contributed by atoms with Crippen LogP contribution in [0, 0.1) is 0 Å². The Morgan fingerprint density at radius 3 is 1.68 bits per heavy atom. The number of hydrogen-bond donors (Lipinski definition) is 1. The van der Waals surface area contributed by atoms with Gasteiger partial charge in [0.2, 0.25) is 0 Å². The summed E-state index contributed by atoms with van der Waals surface area (Å²) in [5, 5.41) is 5.82. The molecule has 0 spiro atoms. The highest BCUT2D eigenvalue weighted by Crippen LogP contribution is 2.39. The van der Waals surface area contributed by atoms with Crippen LogP contribution >= 0.6 is 0 Å². The van der Waals surface area contributed by atoms with Gasteiger partial charge in [0.1, 0.15) is 16.9 Å². The number of anilines is 2. The Bertz CT molecular complexity index is 1940. The van der Waals surface area contributed by atoms with E-state index in [1.54, 1.807) is 7.11 Å². The molecule has 0 saturated carbocycles. The lowest BCUT2D eigenvalue weighted by molar-refractivity contribution is 0.418. The normalized spacial score (nSPS) is 11.1. The molecule has 0 unspecified atom stereocenters. The Balaban J connectivity index is 1.14. The molecule has 0 radical (unpaired) electrons. The van der Waals surface area contributed by atoms with Gasteiger partial charge in [0.25, 0.3) is 0 Å². The van der Waals surface area contributed by atoms with Gasteiger partial charge in [0.15, 0.2) is 0 Å². The molecular weight excluding hydrogens is 490 g/mol. The first-order valence-corrected chi connectivity index (χ1v) is 13.4. The predicted molar refractivity (Wildman–Crippen MR) is 166 cm³/mol. The van der Waals surface area contributed by atoms with E-state index < -0.39 is 0 Å². The molecule has 0 atom stereocenters. The maximum Gasteiger partial charge on any atom is 0.143 e. The fraction of sp³-hybridized carbons (Fsp3) is 0.0270. The summed E-state index contributed by atoms with van der Waals surface area (Å²) in [5.74, 6) is 0.879. The number of hydrogen-bond acceptors (Lipinski definition) is 3. The minimum atomic E-state index is 0.879. The first-order chi connectivity index (χ1) is 19.8. The summed E-state index contributed by atoms with van der Waals surface area (Å²) in [4.78, 5) is 0. The van der Waals surface area contributed by atoms with Crippen molar-refractivity contribution in [2.45, 2.75) is 0 Å². The van der Waals surface area contributed by atoms with Gasteiger partial charge in [-0.1, -0.05) is 109 Å². The summed E-state index contributed by atoms with van der Waals surface area (Å²) in [6.45, 7) is 0. The van der Waals surface area contributed by atoms with Crippen LogP contribution in [0.5, 0.6) is 5.75 Å². The molecule has 0 saturated heterocycles. The van der Waals surface area contributed by atoms with Crippen molar-refractivity contribution < 1.29 is 9.15 Å². The van der Waals surface area contributed by atoms with Crippen LogP contribution in [0.3, 0.4) is 0 Å². The predicted octanol–water partition coefficient (Wildman–Crippen LogP) is 10.3. The van der Waals surface area contributed by atoms with Gasteiger partial charge in [-0.3, -0.25) is 0 Å². The van der Waals surface area contributed by atoms with Crippen molar-refractivity contribution in [3.63, 3.8) is 0 Å². The van der Waals surface area contributed by atoms with Crippen LogP contribution in [-0.2, 0) is 0 Å². The van der Waals surface area contributed by atoms with Gasteiger partial charge in [-0.15, -0.1) is 0 Å². The molecule has 3 heteroatoms. The quantitative estimate of drug-likeness (QED) is 0.238. The number of nitrogens with one attached hydrogen (secondary N) is 1. The topological polar surface area (TPSA) is 34.4 Å². The number of ether oxygens (including phenoxy) is 1. The van der Waals surface area contributed by atoms with Crippen molar-refractivity contribution in [1.29, 1.82) is 0 Å². The third kappa shape index (κ3) is 4.28. The van der Waals surface area contributed by atoms with Gasteiger partial charge >= 0.3 is 0 Å². The molecule has 192 valence electrons. The van der Waals surface area contributed by atoms with E-state index in [-0.39, 0.29) is 0 Å². The lowest BCUT2D eigenvalue weighted by Gasteiger charge is -2.15. The van der Waals surface area contributed by atoms with Crippen molar-refractivity contribution in [3.05, 3.63) is 140 Å². The Morgan fingerprint density at radius 2 is 1.00 bits per heavy atom. The number of benzene rings is 6. The Morgan fingerprint density at radius 1 is 0.475 bits per heavy atom. The smallest absolute Gasteiger partial charge is 0.143 e. The van der Waals surface area contributed by atoms with E-state index in [2.05, 4.69) is 115 Å². The zero-order valence-electron chi connectivity index (χ0n) is 22.1. The highest BCUT2D eigenvalue weighted by atomic mass is 16.5. The first-order valence-electron chi connectivity index (χ1n) is 13.4. The molecule has 1 N–H and O–H groups in total. The second-order valence-corrected chi connectivity index (χ2v) is 9.81. The van der Waals surface area contributed by atoms with E-state index in [9.17, 15) is 0 Å². The molecule has 0 aliphatic heterocycles. The summed E-state index contributed by atoms with van der Waals surface area (Å²) in [6.07, 6.45) is 0. The minimum Gasteiger partial charge on any atom is -0.495 e. The number of rotatable bonds is 6. The van der Waals surface area contributed by atoms with Crippen molar-refractivity contribution >= 4 is 33.3 Å². The minimum absolute atomic E-state index is 0.879. The van der Waals surface area contributed by atoms with Crippen LogP contribution in [0.15, 0.2) is 144 Å².